The highest BCUT2D eigenvalue weighted by molar-refractivity contribution is 7.81. The minimum Gasteiger partial charge on any atom is -0.370 e. The van der Waals surface area contributed by atoms with Gasteiger partial charge in [0.1, 0.15) is 4.99 Å². The van der Waals surface area contributed by atoms with Crippen molar-refractivity contribution in [3.8, 4) is 0 Å². The lowest BCUT2D eigenvalue weighted by Crippen LogP contribution is -2.20. The van der Waals surface area contributed by atoms with E-state index in [9.17, 15) is 0 Å². The van der Waals surface area contributed by atoms with Crippen molar-refractivity contribution >= 4 is 29.2 Å². The van der Waals surface area contributed by atoms with Gasteiger partial charge in [-0.2, -0.15) is 0 Å². The molecule has 0 fully saturated rings. The molecule has 0 radical (unpaired) electrons. The van der Waals surface area contributed by atoms with Crippen LogP contribution in [-0.4, -0.2) is 10.9 Å². The molecule has 0 aliphatic carbocycles. The Hall–Kier alpha value is -1.75. The van der Waals surface area contributed by atoms with E-state index in [0.29, 0.717) is 4.99 Å². The smallest absolute Gasteiger partial charge is 0.183 e. The third-order valence-corrected chi connectivity index (χ3v) is 1.66. The summed E-state index contributed by atoms with van der Waals surface area (Å²) in [6.45, 7) is 0. The average Bonchev–Trinajstić information content (AvgIpc) is 2.42. The Labute approximate surface area is 86.5 Å². The lowest BCUT2D eigenvalue weighted by molar-refractivity contribution is 1.39. The lowest BCUT2D eigenvalue weighted by Gasteiger charge is -1.77. The molecule has 0 unspecified atom stereocenters. The minimum atomic E-state index is -0.333. The van der Waals surface area contributed by atoms with Gasteiger partial charge in [-0.15, -0.1) is 0 Å². The third-order valence-electron chi connectivity index (χ3n) is 1.45. The largest absolute Gasteiger partial charge is 0.370 e. The summed E-state index contributed by atoms with van der Waals surface area (Å²) in [4.78, 5) is 4.81. The lowest BCUT2D eigenvalue weighted by atomic mass is 10.3. The Balaban J connectivity index is 0.000000213. The number of nitrogens with zero attached hydrogens (tertiary/aromatic N) is 1. The van der Waals surface area contributed by atoms with E-state index in [4.69, 9.17) is 17.6 Å². The van der Waals surface area contributed by atoms with Crippen LogP contribution in [0.15, 0.2) is 29.3 Å². The van der Waals surface area contributed by atoms with Crippen molar-refractivity contribution < 1.29 is 0 Å². The number of nitrogens with one attached hydrogen (secondary N) is 1. The number of guanidine groups is 1. The van der Waals surface area contributed by atoms with Crippen molar-refractivity contribution in [2.24, 2.45) is 16.5 Å². The fourth-order valence-electron chi connectivity index (χ4n) is 0.995. The molecule has 1 aliphatic rings. The molecule has 1 aromatic carbocycles. The minimum absolute atomic E-state index is 0.333. The van der Waals surface area contributed by atoms with Gasteiger partial charge in [-0.05, 0) is 12.1 Å². The van der Waals surface area contributed by atoms with E-state index in [2.05, 4.69) is 16.5 Å². The molecule has 5 heteroatoms. The van der Waals surface area contributed by atoms with Gasteiger partial charge < -0.3 is 11.5 Å². The molecule has 14 heavy (non-hydrogen) atoms. The highest BCUT2D eigenvalue weighted by atomic mass is 32.1. The first kappa shape index (κ1) is 10.3. The maximum atomic E-state index is 6.06. The summed E-state index contributed by atoms with van der Waals surface area (Å²) in [7, 11) is 0. The summed E-state index contributed by atoms with van der Waals surface area (Å²) in [5.41, 5.74) is 8.94. The number of nitrogens with two attached hydrogens (primary N) is 2. The van der Waals surface area contributed by atoms with E-state index in [1.54, 1.807) is 0 Å². The summed E-state index contributed by atoms with van der Waals surface area (Å²) in [6.07, 6.45) is 1.91. The molecule has 0 bridgehead atoms. The standard InChI is InChI=1S/C8H5NS.CH5N3/c10-8-5-6-3-1-2-4-7(6)9-8;2-1(3)4/h1-5H;(H5,2,3,4). The van der Waals surface area contributed by atoms with Gasteiger partial charge in [0, 0.05) is 5.22 Å². The number of para-hydroxylation sites is 1. The Morgan fingerprint density at radius 2 is 1.86 bits per heavy atom. The predicted molar refractivity (Wildman–Crippen MR) is 60.4 cm³/mol. The summed E-state index contributed by atoms with van der Waals surface area (Å²) in [5, 5.41) is 8.18. The third kappa shape index (κ3) is 2.95. The van der Waals surface area contributed by atoms with Crippen LogP contribution in [0.1, 0.15) is 0 Å². The molecule has 72 valence electrons. The predicted octanol–water partition coefficient (Wildman–Crippen LogP) is -0.734. The van der Waals surface area contributed by atoms with Crippen LogP contribution in [0.4, 0.5) is 0 Å². The molecule has 0 saturated carbocycles. The number of hydrogen-bond acceptors (Lipinski definition) is 2. The Kier molecular flexibility index (Phi) is 3.30. The first-order chi connectivity index (χ1) is 6.59. The molecule has 0 spiro atoms. The van der Waals surface area contributed by atoms with Crippen LogP contribution in [0.5, 0.6) is 0 Å². The Morgan fingerprint density at radius 3 is 2.43 bits per heavy atom. The van der Waals surface area contributed by atoms with Crippen LogP contribution in [0.25, 0.3) is 6.08 Å². The van der Waals surface area contributed by atoms with E-state index in [1.807, 2.05) is 30.3 Å². The van der Waals surface area contributed by atoms with E-state index >= 15 is 0 Å². The van der Waals surface area contributed by atoms with Gasteiger partial charge in [-0.1, -0.05) is 30.4 Å². The van der Waals surface area contributed by atoms with Gasteiger partial charge in [0.2, 0.25) is 0 Å². The topological polar surface area (TPSA) is 88.2 Å². The molecule has 0 aromatic heterocycles. The van der Waals surface area contributed by atoms with Crippen molar-refractivity contribution in [2.45, 2.75) is 0 Å². The summed E-state index contributed by atoms with van der Waals surface area (Å²) >= 11 is 4.90. The Morgan fingerprint density at radius 1 is 1.29 bits per heavy atom. The number of benzene rings is 1. The fourth-order valence-corrected chi connectivity index (χ4v) is 1.22. The zero-order valence-electron chi connectivity index (χ0n) is 7.40. The number of hydrogen-bond donors (Lipinski definition) is 3. The zero-order chi connectivity index (χ0) is 10.6. The Bertz CT molecular complexity index is 437. The van der Waals surface area contributed by atoms with Crippen LogP contribution >= 0.6 is 12.2 Å². The zero-order valence-corrected chi connectivity index (χ0v) is 8.21. The molecule has 0 saturated heterocycles. The molecular formula is C9H10N4S. The second kappa shape index (κ2) is 4.48. The first-order valence-electron chi connectivity index (χ1n) is 3.88. The van der Waals surface area contributed by atoms with Gasteiger partial charge in [-0.3, -0.25) is 5.41 Å². The first-order valence-corrected chi connectivity index (χ1v) is 4.29. The molecule has 2 rings (SSSR count). The molecule has 0 atom stereocenters. The number of fused-ring (bicyclic) bond motifs is 1. The van der Waals surface area contributed by atoms with Gasteiger partial charge in [0.05, 0.1) is 5.36 Å². The van der Waals surface area contributed by atoms with Crippen LogP contribution in [0.3, 0.4) is 0 Å². The second-order valence-electron chi connectivity index (χ2n) is 2.61. The number of rotatable bonds is 0. The van der Waals surface area contributed by atoms with Crippen LogP contribution in [0, 0.1) is 5.41 Å². The molecule has 4 nitrogen and oxygen atoms in total. The maximum Gasteiger partial charge on any atom is 0.183 e. The highest BCUT2D eigenvalue weighted by Gasteiger charge is 1.95. The van der Waals surface area contributed by atoms with Gasteiger partial charge in [-0.25, -0.2) is 4.99 Å². The molecule has 1 aliphatic heterocycles. The normalized spacial score (nSPS) is 11.6. The van der Waals surface area contributed by atoms with Crippen molar-refractivity contribution in [1.29, 1.82) is 5.41 Å². The molecule has 1 aromatic rings. The van der Waals surface area contributed by atoms with Gasteiger partial charge in [0.25, 0.3) is 0 Å². The summed E-state index contributed by atoms with van der Waals surface area (Å²) < 4.78 is 0. The van der Waals surface area contributed by atoms with Crippen LogP contribution in [0.2, 0.25) is 0 Å². The summed E-state index contributed by atoms with van der Waals surface area (Å²) in [5.74, 6) is -0.333. The molecular weight excluding hydrogens is 196 g/mol. The van der Waals surface area contributed by atoms with Crippen LogP contribution < -0.4 is 22.0 Å². The van der Waals surface area contributed by atoms with E-state index < -0.39 is 0 Å². The summed E-state index contributed by atoms with van der Waals surface area (Å²) in [6, 6.07) is 7.92. The second-order valence-corrected chi connectivity index (χ2v) is 3.03. The van der Waals surface area contributed by atoms with Gasteiger partial charge in [0.15, 0.2) is 5.96 Å². The molecule has 1 heterocycles. The fraction of sp³-hybridized carbons (Fsp3) is 0. The number of thiocarbonyl (C=S) groups is 1. The van der Waals surface area contributed by atoms with Crippen LogP contribution in [-0.2, 0) is 0 Å². The molecule has 5 N–H and O–H groups in total. The van der Waals surface area contributed by atoms with Crippen molar-refractivity contribution in [3.05, 3.63) is 34.8 Å². The highest BCUT2D eigenvalue weighted by Crippen LogP contribution is 1.85. The van der Waals surface area contributed by atoms with Gasteiger partial charge >= 0.3 is 0 Å². The van der Waals surface area contributed by atoms with E-state index in [-0.39, 0.29) is 5.96 Å². The quantitative estimate of drug-likeness (QED) is 0.297. The molecule has 0 amide bonds. The van der Waals surface area contributed by atoms with Crippen molar-refractivity contribution in [2.75, 3.05) is 0 Å². The van der Waals surface area contributed by atoms with Crippen molar-refractivity contribution in [3.63, 3.8) is 0 Å². The maximum absolute atomic E-state index is 6.06. The van der Waals surface area contributed by atoms with Crippen molar-refractivity contribution in [1.82, 2.24) is 0 Å². The monoisotopic (exact) mass is 206 g/mol. The van der Waals surface area contributed by atoms with E-state index in [1.165, 1.54) is 0 Å². The SMILES string of the molecule is N=C(N)N.S=C1C=c2ccccc2=N1. The van der Waals surface area contributed by atoms with E-state index in [0.717, 1.165) is 10.6 Å². The average molecular weight is 206 g/mol.